The standard InChI is InChI=1S/C23H19N3O4/c1-2-30-21-16(8-6-12-24-21)14-25-20(27)15-7-5-9-17(13-15)26-22(28)18-10-3-4-11-19(18)23(26)29/h3-13H,2,14H2,1H3,(H,25,27). The molecule has 150 valence electrons. The van der Waals surface area contributed by atoms with E-state index in [9.17, 15) is 14.4 Å². The van der Waals surface area contributed by atoms with Crippen LogP contribution in [0.15, 0.2) is 66.9 Å². The lowest BCUT2D eigenvalue weighted by Gasteiger charge is -2.15. The fraction of sp³-hybridized carbons (Fsp3) is 0.130. The number of amides is 3. The smallest absolute Gasteiger partial charge is 0.266 e. The number of benzene rings is 2. The van der Waals surface area contributed by atoms with E-state index >= 15 is 0 Å². The molecule has 0 fully saturated rings. The van der Waals surface area contributed by atoms with Gasteiger partial charge in [0.25, 0.3) is 17.7 Å². The summed E-state index contributed by atoms with van der Waals surface area (Å²) >= 11 is 0. The third-order valence-corrected chi connectivity index (χ3v) is 4.73. The van der Waals surface area contributed by atoms with Crippen LogP contribution >= 0.6 is 0 Å². The first-order chi connectivity index (χ1) is 14.6. The number of imide groups is 1. The van der Waals surface area contributed by atoms with Gasteiger partial charge in [0.1, 0.15) is 0 Å². The van der Waals surface area contributed by atoms with Crippen LogP contribution in [0.4, 0.5) is 5.69 Å². The lowest BCUT2D eigenvalue weighted by molar-refractivity contribution is 0.0919. The van der Waals surface area contributed by atoms with Gasteiger partial charge in [-0.1, -0.05) is 24.3 Å². The van der Waals surface area contributed by atoms with Crippen molar-refractivity contribution in [3.05, 3.63) is 89.1 Å². The Morgan fingerprint density at radius 1 is 1.00 bits per heavy atom. The van der Waals surface area contributed by atoms with Crippen LogP contribution in [0.25, 0.3) is 0 Å². The lowest BCUT2D eigenvalue weighted by Crippen LogP contribution is -2.30. The van der Waals surface area contributed by atoms with E-state index in [4.69, 9.17) is 4.74 Å². The fourth-order valence-electron chi connectivity index (χ4n) is 3.31. The van der Waals surface area contributed by atoms with E-state index in [0.29, 0.717) is 34.9 Å². The SMILES string of the molecule is CCOc1ncccc1CNC(=O)c1cccc(N2C(=O)c3ccccc3C2=O)c1. The van der Waals surface area contributed by atoms with Crippen molar-refractivity contribution in [2.45, 2.75) is 13.5 Å². The maximum Gasteiger partial charge on any atom is 0.266 e. The largest absolute Gasteiger partial charge is 0.478 e. The van der Waals surface area contributed by atoms with E-state index in [-0.39, 0.29) is 12.5 Å². The molecule has 0 atom stereocenters. The van der Waals surface area contributed by atoms with Crippen molar-refractivity contribution in [1.29, 1.82) is 0 Å². The van der Waals surface area contributed by atoms with Gasteiger partial charge in [-0.2, -0.15) is 0 Å². The number of anilines is 1. The molecule has 3 amide bonds. The second-order valence-electron chi connectivity index (χ2n) is 6.62. The molecule has 0 saturated carbocycles. The van der Waals surface area contributed by atoms with Crippen molar-refractivity contribution in [3.8, 4) is 5.88 Å². The molecule has 4 rings (SSSR count). The van der Waals surface area contributed by atoms with Gasteiger partial charge in [-0.05, 0) is 43.3 Å². The predicted molar refractivity (Wildman–Crippen MR) is 111 cm³/mol. The van der Waals surface area contributed by atoms with Crippen molar-refractivity contribution in [2.24, 2.45) is 0 Å². The van der Waals surface area contributed by atoms with Crippen molar-refractivity contribution in [3.63, 3.8) is 0 Å². The maximum atomic E-state index is 12.7. The van der Waals surface area contributed by atoms with E-state index in [1.54, 1.807) is 54.7 Å². The summed E-state index contributed by atoms with van der Waals surface area (Å²) in [7, 11) is 0. The predicted octanol–water partition coefficient (Wildman–Crippen LogP) is 3.21. The van der Waals surface area contributed by atoms with Gasteiger partial charge in [-0.15, -0.1) is 0 Å². The van der Waals surface area contributed by atoms with Crippen LogP contribution in [-0.2, 0) is 6.54 Å². The van der Waals surface area contributed by atoms with E-state index in [1.165, 1.54) is 6.07 Å². The summed E-state index contributed by atoms with van der Waals surface area (Å²) in [5, 5.41) is 2.82. The minimum atomic E-state index is -0.398. The molecule has 7 nitrogen and oxygen atoms in total. The van der Waals surface area contributed by atoms with Crippen molar-refractivity contribution in [1.82, 2.24) is 10.3 Å². The van der Waals surface area contributed by atoms with Crippen LogP contribution in [0.1, 0.15) is 43.6 Å². The molecular weight excluding hydrogens is 382 g/mol. The molecule has 0 spiro atoms. The van der Waals surface area contributed by atoms with Crippen molar-refractivity contribution < 1.29 is 19.1 Å². The summed E-state index contributed by atoms with van der Waals surface area (Å²) in [5.74, 6) is -0.658. The van der Waals surface area contributed by atoms with Gasteiger partial charge in [0.05, 0.1) is 23.4 Å². The third kappa shape index (κ3) is 3.53. The number of ether oxygens (including phenoxy) is 1. The van der Waals surface area contributed by atoms with E-state index < -0.39 is 11.8 Å². The number of hydrogen-bond acceptors (Lipinski definition) is 5. The molecule has 0 unspecified atom stereocenters. The normalized spacial score (nSPS) is 12.6. The molecule has 0 saturated heterocycles. The van der Waals surface area contributed by atoms with Gasteiger partial charge in [-0.25, -0.2) is 9.88 Å². The number of fused-ring (bicyclic) bond motifs is 1. The molecule has 7 heteroatoms. The molecule has 1 aliphatic heterocycles. The van der Waals surface area contributed by atoms with Crippen LogP contribution in [0, 0.1) is 0 Å². The van der Waals surface area contributed by atoms with Crippen LogP contribution < -0.4 is 15.0 Å². The lowest BCUT2D eigenvalue weighted by atomic mass is 10.1. The highest BCUT2D eigenvalue weighted by Gasteiger charge is 2.36. The summed E-state index contributed by atoms with van der Waals surface area (Å²) < 4.78 is 5.47. The zero-order valence-corrected chi connectivity index (χ0v) is 16.3. The molecule has 1 aromatic heterocycles. The number of carbonyl (C=O) groups is 3. The zero-order valence-electron chi connectivity index (χ0n) is 16.3. The number of hydrogen-bond donors (Lipinski definition) is 1. The molecule has 1 N–H and O–H groups in total. The Balaban J connectivity index is 1.52. The summed E-state index contributed by atoms with van der Waals surface area (Å²) in [6.45, 7) is 2.57. The Labute approximate surface area is 173 Å². The Bertz CT molecular complexity index is 1110. The molecule has 1 aliphatic rings. The van der Waals surface area contributed by atoms with Crippen LogP contribution in [-0.4, -0.2) is 29.3 Å². The zero-order chi connectivity index (χ0) is 21.1. The first-order valence-corrected chi connectivity index (χ1v) is 9.53. The number of carbonyl (C=O) groups excluding carboxylic acids is 3. The highest BCUT2D eigenvalue weighted by atomic mass is 16.5. The van der Waals surface area contributed by atoms with E-state index in [2.05, 4.69) is 10.3 Å². The van der Waals surface area contributed by atoms with Crippen LogP contribution in [0.3, 0.4) is 0 Å². The Morgan fingerprint density at radius 2 is 1.73 bits per heavy atom. The van der Waals surface area contributed by atoms with Gasteiger partial charge in [0, 0.05) is 23.9 Å². The molecular formula is C23H19N3O4. The average molecular weight is 401 g/mol. The number of nitrogens with one attached hydrogen (secondary N) is 1. The summed E-state index contributed by atoms with van der Waals surface area (Å²) in [6.07, 6.45) is 1.63. The van der Waals surface area contributed by atoms with Gasteiger partial charge in [0.15, 0.2) is 0 Å². The molecule has 30 heavy (non-hydrogen) atoms. The number of rotatable bonds is 6. The molecule has 0 bridgehead atoms. The van der Waals surface area contributed by atoms with E-state index in [0.717, 1.165) is 10.5 Å². The average Bonchev–Trinajstić information content (AvgIpc) is 3.03. The number of aromatic nitrogens is 1. The highest BCUT2D eigenvalue weighted by Crippen LogP contribution is 2.28. The maximum absolute atomic E-state index is 12.7. The second-order valence-corrected chi connectivity index (χ2v) is 6.62. The Hall–Kier alpha value is -4.00. The van der Waals surface area contributed by atoms with Gasteiger partial charge >= 0.3 is 0 Å². The Morgan fingerprint density at radius 3 is 2.43 bits per heavy atom. The minimum Gasteiger partial charge on any atom is -0.478 e. The quantitative estimate of drug-likeness (QED) is 0.641. The Kier molecular flexibility index (Phi) is 5.26. The number of nitrogens with zero attached hydrogens (tertiary/aromatic N) is 2. The van der Waals surface area contributed by atoms with E-state index in [1.807, 2.05) is 13.0 Å². The molecule has 0 aliphatic carbocycles. The molecule has 2 heterocycles. The topological polar surface area (TPSA) is 88.6 Å². The first-order valence-electron chi connectivity index (χ1n) is 9.53. The van der Waals surface area contributed by atoms with Gasteiger partial charge in [0.2, 0.25) is 5.88 Å². The van der Waals surface area contributed by atoms with Crippen molar-refractivity contribution in [2.75, 3.05) is 11.5 Å². The molecule has 0 radical (unpaired) electrons. The fourth-order valence-corrected chi connectivity index (χ4v) is 3.31. The molecule has 2 aromatic carbocycles. The van der Waals surface area contributed by atoms with Crippen LogP contribution in [0.2, 0.25) is 0 Å². The first kappa shape index (κ1) is 19.3. The third-order valence-electron chi connectivity index (χ3n) is 4.73. The summed E-state index contributed by atoms with van der Waals surface area (Å²) in [6, 6.07) is 16.7. The highest BCUT2D eigenvalue weighted by molar-refractivity contribution is 6.34. The second kappa shape index (κ2) is 8.16. The van der Waals surface area contributed by atoms with Crippen LogP contribution in [0.5, 0.6) is 5.88 Å². The minimum absolute atomic E-state index is 0.235. The van der Waals surface area contributed by atoms with Crippen molar-refractivity contribution >= 4 is 23.4 Å². The van der Waals surface area contributed by atoms with Gasteiger partial charge in [-0.3, -0.25) is 14.4 Å². The van der Waals surface area contributed by atoms with Gasteiger partial charge < -0.3 is 10.1 Å². The summed E-state index contributed by atoms with van der Waals surface area (Å²) in [4.78, 5) is 43.3. The summed E-state index contributed by atoms with van der Waals surface area (Å²) in [5.41, 5.74) is 2.16. The number of pyridine rings is 1. The molecule has 3 aromatic rings. The monoisotopic (exact) mass is 401 g/mol.